The van der Waals surface area contributed by atoms with Gasteiger partial charge < -0.3 is 4.90 Å². The van der Waals surface area contributed by atoms with Crippen molar-refractivity contribution in [3.63, 3.8) is 0 Å². The Bertz CT molecular complexity index is 959. The number of halogens is 1. The lowest BCUT2D eigenvalue weighted by atomic mass is 10.2. The van der Waals surface area contributed by atoms with E-state index >= 15 is 0 Å². The van der Waals surface area contributed by atoms with Crippen LogP contribution >= 0.6 is 11.6 Å². The van der Waals surface area contributed by atoms with E-state index < -0.39 is 0 Å². The zero-order valence-corrected chi connectivity index (χ0v) is 15.1. The highest BCUT2D eigenvalue weighted by Gasteiger charge is 2.26. The molecular weight excluding hydrogens is 334 g/mol. The number of hydrogen-bond acceptors (Lipinski definition) is 4. The first-order valence-corrected chi connectivity index (χ1v) is 8.40. The molecule has 0 N–H and O–H groups in total. The molecule has 0 atom stereocenters. The topological polar surface area (TPSA) is 37.2 Å². The third-order valence-corrected chi connectivity index (χ3v) is 4.46. The second-order valence-electron chi connectivity index (χ2n) is 6.14. The van der Waals surface area contributed by atoms with Gasteiger partial charge in [0.1, 0.15) is 11.6 Å². The Labute approximate surface area is 151 Å². The van der Waals surface area contributed by atoms with Crippen LogP contribution in [0.3, 0.4) is 0 Å². The molecule has 0 radical (unpaired) electrons. The van der Waals surface area contributed by atoms with Gasteiger partial charge in [-0.3, -0.25) is 9.47 Å². The van der Waals surface area contributed by atoms with Crippen molar-refractivity contribution in [2.24, 2.45) is 0 Å². The Hall–Kier alpha value is -2.79. The lowest BCUT2D eigenvalue weighted by Crippen LogP contribution is -2.27. The van der Waals surface area contributed by atoms with Gasteiger partial charge in [-0.25, -0.2) is 0 Å². The van der Waals surface area contributed by atoms with Gasteiger partial charge in [0.05, 0.1) is 11.4 Å². The van der Waals surface area contributed by atoms with Crippen molar-refractivity contribution in [2.75, 3.05) is 19.0 Å². The van der Waals surface area contributed by atoms with Gasteiger partial charge in [0.15, 0.2) is 5.82 Å². The number of rotatable bonds is 2. The van der Waals surface area contributed by atoms with Crippen LogP contribution in [0, 0.1) is 6.92 Å². The molecule has 0 fully saturated rings. The average molecular weight is 352 g/mol. The summed E-state index contributed by atoms with van der Waals surface area (Å²) in [5.74, 6) is 2.62. The molecule has 1 aromatic heterocycles. The lowest BCUT2D eigenvalue weighted by molar-refractivity contribution is 0.507. The fraction of sp³-hybridized carbons (Fsp3) is 0.158. The summed E-state index contributed by atoms with van der Waals surface area (Å²) >= 11 is 6.35. The molecule has 0 unspecified atom stereocenters. The van der Waals surface area contributed by atoms with Crippen molar-refractivity contribution in [3.8, 4) is 5.69 Å². The number of anilines is 2. The molecule has 1 aliphatic rings. The number of para-hydroxylation sites is 1. The quantitative estimate of drug-likeness (QED) is 0.692. The lowest BCUT2D eigenvalue weighted by Gasteiger charge is -2.32. The maximum Gasteiger partial charge on any atom is 0.164 e. The minimum atomic E-state index is 0.687. The maximum atomic E-state index is 6.35. The zero-order chi connectivity index (χ0) is 17.6. The first-order valence-electron chi connectivity index (χ1n) is 8.02. The van der Waals surface area contributed by atoms with Crippen molar-refractivity contribution in [2.45, 2.75) is 6.92 Å². The van der Waals surface area contributed by atoms with Gasteiger partial charge in [0.25, 0.3) is 0 Å². The highest BCUT2D eigenvalue weighted by atomic mass is 35.5. The Balaban J connectivity index is 2.08. The summed E-state index contributed by atoms with van der Waals surface area (Å²) < 4.78 is 2.05. The summed E-state index contributed by atoms with van der Waals surface area (Å²) in [6.07, 6.45) is 2.04. The van der Waals surface area contributed by atoms with E-state index in [0.717, 1.165) is 34.5 Å². The molecule has 2 heterocycles. The van der Waals surface area contributed by atoms with Gasteiger partial charge in [-0.2, -0.15) is 0 Å². The fourth-order valence-electron chi connectivity index (χ4n) is 3.12. The number of fused-ring (bicyclic) bond motifs is 3. The number of benzene rings is 2. The van der Waals surface area contributed by atoms with Gasteiger partial charge in [-0.05, 0) is 37.3 Å². The van der Waals surface area contributed by atoms with E-state index in [0.29, 0.717) is 5.02 Å². The highest BCUT2D eigenvalue weighted by Crippen LogP contribution is 2.40. The molecule has 126 valence electrons. The van der Waals surface area contributed by atoms with Crippen LogP contribution in [0.25, 0.3) is 11.8 Å². The molecule has 0 saturated heterocycles. The van der Waals surface area contributed by atoms with Crippen LogP contribution < -0.4 is 4.90 Å². The molecule has 3 aromatic rings. The van der Waals surface area contributed by atoms with Gasteiger partial charge >= 0.3 is 0 Å². The summed E-state index contributed by atoms with van der Waals surface area (Å²) in [5.41, 5.74) is 3.04. The first kappa shape index (κ1) is 15.7. The summed E-state index contributed by atoms with van der Waals surface area (Å²) in [7, 11) is 4.04. The van der Waals surface area contributed by atoms with E-state index in [-0.39, 0.29) is 0 Å². The summed E-state index contributed by atoms with van der Waals surface area (Å²) in [5, 5.41) is 9.29. The Kier molecular flexibility index (Phi) is 3.73. The number of aromatic nitrogens is 3. The largest absolute Gasteiger partial charge is 0.364 e. The zero-order valence-electron chi connectivity index (χ0n) is 14.3. The van der Waals surface area contributed by atoms with E-state index in [1.807, 2.05) is 63.5 Å². The van der Waals surface area contributed by atoms with Crippen molar-refractivity contribution in [1.82, 2.24) is 19.7 Å². The summed E-state index contributed by atoms with van der Waals surface area (Å²) in [6.45, 7) is 1.95. The molecule has 1 aliphatic heterocycles. The van der Waals surface area contributed by atoms with Gasteiger partial charge in [-0.15, -0.1) is 10.2 Å². The molecule has 0 amide bonds. The molecule has 2 aromatic carbocycles. The van der Waals surface area contributed by atoms with E-state index in [1.54, 1.807) is 0 Å². The van der Waals surface area contributed by atoms with E-state index in [4.69, 9.17) is 11.6 Å². The average Bonchev–Trinajstić information content (AvgIpc) is 2.88. The van der Waals surface area contributed by atoms with Crippen LogP contribution in [-0.4, -0.2) is 33.8 Å². The standard InChI is InChI=1S/C19H18ClN5/c1-13-21-22-18-12-19(23(2)3)25(15-7-5-4-6-8-15)17-11-14(20)9-10-16(17)24(13)18/h4-12H,1-3H3. The molecule has 0 spiro atoms. The van der Waals surface area contributed by atoms with Crippen LogP contribution in [0.4, 0.5) is 11.4 Å². The van der Waals surface area contributed by atoms with Crippen LogP contribution in [0.2, 0.25) is 5.02 Å². The third kappa shape index (κ3) is 2.57. The predicted octanol–water partition coefficient (Wildman–Crippen LogP) is 4.24. The minimum absolute atomic E-state index is 0.687. The smallest absolute Gasteiger partial charge is 0.164 e. The van der Waals surface area contributed by atoms with Crippen molar-refractivity contribution in [3.05, 3.63) is 71.0 Å². The van der Waals surface area contributed by atoms with E-state index in [2.05, 4.69) is 36.7 Å². The molecule has 6 heteroatoms. The van der Waals surface area contributed by atoms with Crippen LogP contribution in [0.5, 0.6) is 0 Å². The summed E-state index contributed by atoms with van der Waals surface area (Å²) in [6, 6.07) is 16.1. The molecule has 0 saturated carbocycles. The minimum Gasteiger partial charge on any atom is -0.364 e. The number of hydrogen-bond donors (Lipinski definition) is 0. The van der Waals surface area contributed by atoms with Crippen LogP contribution in [0.1, 0.15) is 11.6 Å². The Morgan fingerprint density at radius 2 is 1.72 bits per heavy atom. The highest BCUT2D eigenvalue weighted by molar-refractivity contribution is 6.31. The molecule has 0 aliphatic carbocycles. The third-order valence-electron chi connectivity index (χ3n) is 4.23. The first-order chi connectivity index (χ1) is 12.1. The SMILES string of the molecule is Cc1nnc2n1-c1ccc(Cl)cc1N(c1ccccc1)C(N(C)C)=C2. The van der Waals surface area contributed by atoms with Gasteiger partial charge in [0.2, 0.25) is 0 Å². The Morgan fingerprint density at radius 3 is 2.44 bits per heavy atom. The Morgan fingerprint density at radius 1 is 0.960 bits per heavy atom. The van der Waals surface area contributed by atoms with Crippen molar-refractivity contribution in [1.29, 1.82) is 0 Å². The van der Waals surface area contributed by atoms with Crippen molar-refractivity contribution >= 4 is 29.1 Å². The maximum absolute atomic E-state index is 6.35. The number of aryl methyl sites for hydroxylation is 1. The van der Waals surface area contributed by atoms with Gasteiger partial charge in [-0.1, -0.05) is 29.8 Å². The molecule has 0 bridgehead atoms. The normalized spacial score (nSPS) is 13.0. The van der Waals surface area contributed by atoms with Crippen molar-refractivity contribution < 1.29 is 0 Å². The molecule has 4 rings (SSSR count). The monoisotopic (exact) mass is 351 g/mol. The molecule has 5 nitrogen and oxygen atoms in total. The second kappa shape index (κ2) is 5.93. The second-order valence-corrected chi connectivity index (χ2v) is 6.58. The molecular formula is C19H18ClN5. The van der Waals surface area contributed by atoms with E-state index in [1.165, 1.54) is 0 Å². The van der Waals surface area contributed by atoms with Crippen LogP contribution in [-0.2, 0) is 0 Å². The fourth-order valence-corrected chi connectivity index (χ4v) is 3.28. The molecule has 25 heavy (non-hydrogen) atoms. The van der Waals surface area contributed by atoms with Gasteiger partial charge in [0, 0.05) is 30.9 Å². The summed E-state index contributed by atoms with van der Waals surface area (Å²) in [4.78, 5) is 4.26. The predicted molar refractivity (Wildman–Crippen MR) is 101 cm³/mol. The van der Waals surface area contributed by atoms with Crippen LogP contribution in [0.15, 0.2) is 54.4 Å². The number of nitrogens with zero attached hydrogens (tertiary/aromatic N) is 5. The van der Waals surface area contributed by atoms with E-state index in [9.17, 15) is 0 Å².